The average molecular weight is 410 g/mol. The number of anilines is 1. The van der Waals surface area contributed by atoms with Gasteiger partial charge >= 0.3 is 0 Å². The zero-order valence-electron chi connectivity index (χ0n) is 15.6. The minimum Gasteiger partial charge on any atom is -0.451 e. The molecule has 3 N–H and O–H groups in total. The average Bonchev–Trinajstić information content (AvgIpc) is 3.49. The van der Waals surface area contributed by atoms with Crippen molar-refractivity contribution in [3.63, 3.8) is 0 Å². The largest absolute Gasteiger partial charge is 0.451 e. The van der Waals surface area contributed by atoms with Crippen LogP contribution >= 0.6 is 12.4 Å². The number of halogens is 1. The molecule has 0 saturated heterocycles. The number of amidine groups is 2. The molecule has 0 atom stereocenters. The summed E-state index contributed by atoms with van der Waals surface area (Å²) >= 11 is 0. The zero-order chi connectivity index (χ0) is 18.9. The van der Waals surface area contributed by atoms with E-state index < -0.39 is 0 Å². The predicted molar refractivity (Wildman–Crippen MR) is 117 cm³/mol. The van der Waals surface area contributed by atoms with Crippen LogP contribution in [0.1, 0.15) is 21.7 Å². The monoisotopic (exact) mass is 409 g/mol. The van der Waals surface area contributed by atoms with Crippen LogP contribution in [0.2, 0.25) is 0 Å². The van der Waals surface area contributed by atoms with Crippen molar-refractivity contribution >= 4 is 46.6 Å². The van der Waals surface area contributed by atoms with E-state index in [0.29, 0.717) is 11.3 Å². The summed E-state index contributed by atoms with van der Waals surface area (Å²) in [4.78, 5) is 21.4. The lowest BCUT2D eigenvalue weighted by atomic mass is 10.1. The van der Waals surface area contributed by atoms with Gasteiger partial charge in [-0.25, -0.2) is 0 Å². The number of benzene rings is 2. The van der Waals surface area contributed by atoms with Gasteiger partial charge in [-0.2, -0.15) is 0 Å². The number of furan rings is 1. The van der Waals surface area contributed by atoms with E-state index in [2.05, 4.69) is 25.9 Å². The number of carbonyl (C=O) groups is 1. The van der Waals surface area contributed by atoms with Gasteiger partial charge in [0.05, 0.1) is 13.1 Å². The van der Waals surface area contributed by atoms with Crippen molar-refractivity contribution in [2.75, 3.05) is 31.5 Å². The Kier molecular flexibility index (Phi) is 5.22. The van der Waals surface area contributed by atoms with E-state index in [1.807, 2.05) is 42.5 Å². The van der Waals surface area contributed by atoms with Gasteiger partial charge < -0.3 is 20.4 Å². The summed E-state index contributed by atoms with van der Waals surface area (Å²) in [6, 6.07) is 15.2. The molecule has 0 bridgehead atoms. The Hall–Kier alpha value is -3.32. The Bertz CT molecular complexity index is 1120. The van der Waals surface area contributed by atoms with Crippen LogP contribution < -0.4 is 16.0 Å². The molecule has 1 aromatic heterocycles. The zero-order valence-corrected chi connectivity index (χ0v) is 16.4. The second kappa shape index (κ2) is 7.97. The van der Waals surface area contributed by atoms with Gasteiger partial charge in [0.1, 0.15) is 17.3 Å². The molecule has 3 aromatic rings. The number of hydrogen-bond donors (Lipinski definition) is 3. The number of nitrogens with zero attached hydrogens (tertiary/aromatic N) is 2. The molecule has 3 heterocycles. The number of hydrogen-bond acceptors (Lipinski definition) is 6. The highest BCUT2D eigenvalue weighted by Crippen LogP contribution is 2.22. The third-order valence-corrected chi connectivity index (χ3v) is 4.78. The second-order valence-corrected chi connectivity index (χ2v) is 6.71. The first-order valence-corrected chi connectivity index (χ1v) is 9.29. The number of rotatable bonds is 4. The molecule has 2 aliphatic heterocycles. The lowest BCUT2D eigenvalue weighted by molar-refractivity contribution is 0.0998. The van der Waals surface area contributed by atoms with E-state index >= 15 is 0 Å². The first-order chi connectivity index (χ1) is 13.8. The number of amides is 1. The molecule has 0 unspecified atom stereocenters. The molecule has 0 aliphatic carbocycles. The van der Waals surface area contributed by atoms with Crippen LogP contribution in [0.15, 0.2) is 62.9 Å². The van der Waals surface area contributed by atoms with Gasteiger partial charge in [-0.1, -0.05) is 0 Å². The maximum atomic E-state index is 12.6. The van der Waals surface area contributed by atoms with Gasteiger partial charge in [0, 0.05) is 35.3 Å². The minimum atomic E-state index is -0.279. The number of carbonyl (C=O) groups excluding carboxylic acids is 1. The Balaban J connectivity index is 0.00000205. The quantitative estimate of drug-likeness (QED) is 0.618. The van der Waals surface area contributed by atoms with E-state index in [-0.39, 0.29) is 24.1 Å². The van der Waals surface area contributed by atoms with Gasteiger partial charge in [-0.15, -0.1) is 12.4 Å². The van der Waals surface area contributed by atoms with Crippen LogP contribution in [0.4, 0.5) is 5.69 Å². The molecule has 0 spiro atoms. The van der Waals surface area contributed by atoms with E-state index in [4.69, 9.17) is 4.42 Å². The molecule has 2 aromatic carbocycles. The molecule has 1 amide bonds. The number of fused-ring (bicyclic) bond motifs is 1. The first kappa shape index (κ1) is 19.0. The van der Waals surface area contributed by atoms with Crippen LogP contribution in [0.3, 0.4) is 0 Å². The van der Waals surface area contributed by atoms with E-state index in [9.17, 15) is 4.79 Å². The van der Waals surface area contributed by atoms with Crippen molar-refractivity contribution in [2.45, 2.75) is 0 Å². The van der Waals surface area contributed by atoms with Crippen molar-refractivity contribution in [3.8, 4) is 0 Å². The fourth-order valence-corrected chi connectivity index (χ4v) is 3.39. The SMILES string of the molecule is Cl.O=C(Nc1ccc(C2=NCCN2)cc1)c1cc2cc(C3=NCCN3)ccc2o1. The fraction of sp³-hybridized carbons (Fsp3) is 0.190. The molecular formula is C21H20ClN5O2. The summed E-state index contributed by atoms with van der Waals surface area (Å²) in [5.74, 6) is 1.78. The molecule has 8 heteroatoms. The Morgan fingerprint density at radius 3 is 2.21 bits per heavy atom. The molecule has 0 saturated carbocycles. The van der Waals surface area contributed by atoms with Gasteiger partial charge in [0.25, 0.3) is 5.91 Å². The minimum absolute atomic E-state index is 0. The van der Waals surface area contributed by atoms with Crippen molar-refractivity contribution < 1.29 is 9.21 Å². The Labute approximate surface area is 173 Å². The van der Waals surface area contributed by atoms with E-state index in [1.54, 1.807) is 6.07 Å². The lowest BCUT2D eigenvalue weighted by Crippen LogP contribution is -2.19. The summed E-state index contributed by atoms with van der Waals surface area (Å²) in [5.41, 5.74) is 3.39. The summed E-state index contributed by atoms with van der Waals surface area (Å²) in [7, 11) is 0. The summed E-state index contributed by atoms with van der Waals surface area (Å²) in [6.45, 7) is 3.30. The Morgan fingerprint density at radius 1 is 0.897 bits per heavy atom. The smallest absolute Gasteiger partial charge is 0.291 e. The van der Waals surface area contributed by atoms with Crippen LogP contribution in [-0.4, -0.2) is 43.8 Å². The van der Waals surface area contributed by atoms with E-state index in [0.717, 1.165) is 54.4 Å². The maximum Gasteiger partial charge on any atom is 0.291 e. The van der Waals surface area contributed by atoms with Crippen molar-refractivity contribution in [1.82, 2.24) is 10.6 Å². The molecule has 0 radical (unpaired) electrons. The summed E-state index contributed by atoms with van der Waals surface area (Å²) in [6.07, 6.45) is 0. The highest BCUT2D eigenvalue weighted by Gasteiger charge is 2.15. The molecule has 5 rings (SSSR count). The first-order valence-electron chi connectivity index (χ1n) is 9.29. The highest BCUT2D eigenvalue weighted by molar-refractivity contribution is 6.07. The lowest BCUT2D eigenvalue weighted by Gasteiger charge is -2.05. The van der Waals surface area contributed by atoms with E-state index in [1.165, 1.54) is 0 Å². The normalized spacial score (nSPS) is 15.2. The molecule has 0 fully saturated rings. The predicted octanol–water partition coefficient (Wildman–Crippen LogP) is 2.81. The van der Waals surface area contributed by atoms with Gasteiger partial charge in [-0.05, 0) is 48.5 Å². The maximum absolute atomic E-state index is 12.6. The van der Waals surface area contributed by atoms with Gasteiger partial charge in [0.2, 0.25) is 0 Å². The van der Waals surface area contributed by atoms with Crippen molar-refractivity contribution in [3.05, 3.63) is 65.4 Å². The standard InChI is InChI=1S/C21H19N5O2.ClH/c27-21(26-16-4-1-13(2-5-16)19-22-7-8-23-19)18-12-15-11-14(3-6-17(15)28-18)20-24-9-10-25-20;/h1-6,11-12H,7-10H2,(H,22,23)(H,24,25)(H,26,27);1H. The Morgan fingerprint density at radius 2 is 1.55 bits per heavy atom. The molecule has 29 heavy (non-hydrogen) atoms. The van der Waals surface area contributed by atoms with Gasteiger partial charge in [0.15, 0.2) is 5.76 Å². The third-order valence-electron chi connectivity index (χ3n) is 4.78. The molecule has 148 valence electrons. The molecule has 2 aliphatic rings. The van der Waals surface area contributed by atoms with Crippen LogP contribution in [0.5, 0.6) is 0 Å². The van der Waals surface area contributed by atoms with Gasteiger partial charge in [-0.3, -0.25) is 14.8 Å². The highest BCUT2D eigenvalue weighted by atomic mass is 35.5. The van der Waals surface area contributed by atoms with Crippen LogP contribution in [0, 0.1) is 0 Å². The van der Waals surface area contributed by atoms with Crippen molar-refractivity contribution in [2.24, 2.45) is 9.98 Å². The summed E-state index contributed by atoms with van der Waals surface area (Å²) < 4.78 is 5.72. The molecule has 7 nitrogen and oxygen atoms in total. The fourth-order valence-electron chi connectivity index (χ4n) is 3.39. The summed E-state index contributed by atoms with van der Waals surface area (Å²) in [5, 5.41) is 10.2. The van der Waals surface area contributed by atoms with Crippen LogP contribution in [0.25, 0.3) is 11.0 Å². The number of nitrogens with one attached hydrogen (secondary N) is 3. The second-order valence-electron chi connectivity index (χ2n) is 6.71. The van der Waals surface area contributed by atoms with Crippen LogP contribution in [-0.2, 0) is 0 Å². The third kappa shape index (κ3) is 3.82. The number of aliphatic imine (C=N–C) groups is 2. The van der Waals surface area contributed by atoms with Crippen molar-refractivity contribution in [1.29, 1.82) is 0 Å². The molecular weight excluding hydrogens is 390 g/mol. The topological polar surface area (TPSA) is 91.0 Å².